The topological polar surface area (TPSA) is 123 Å². The lowest BCUT2D eigenvalue weighted by Crippen LogP contribution is -2.44. The van der Waals surface area contributed by atoms with E-state index in [0.717, 1.165) is 43.4 Å². The summed E-state index contributed by atoms with van der Waals surface area (Å²) in [5.41, 5.74) is 12.7. The SMILES string of the molecule is Cc1cc(OCCCC2CCN(C(N)=NC(=O)C(C)(F)F)CC2)ccc1C(=O)N[C@H](C)CCN. The lowest BCUT2D eigenvalue weighted by molar-refractivity contribution is -0.139. The third kappa shape index (κ3) is 8.55. The molecule has 1 aromatic rings. The molecule has 1 fully saturated rings. The summed E-state index contributed by atoms with van der Waals surface area (Å²) in [5.74, 6) is -4.10. The van der Waals surface area contributed by atoms with Crippen LogP contribution < -0.4 is 21.5 Å². The number of nitrogens with two attached hydrogens (primary N) is 2. The number of piperidine rings is 1. The van der Waals surface area contributed by atoms with Gasteiger partial charge in [-0.25, -0.2) is 0 Å². The highest BCUT2D eigenvalue weighted by molar-refractivity contribution is 5.96. The number of likely N-dealkylation sites (tertiary alicyclic amines) is 1. The van der Waals surface area contributed by atoms with E-state index in [0.29, 0.717) is 44.6 Å². The number of carbonyl (C=O) groups is 2. The lowest BCUT2D eigenvalue weighted by atomic mass is 9.92. The Morgan fingerprint density at radius 1 is 1.32 bits per heavy atom. The Balaban J connectivity index is 1.72. The first-order valence-electron chi connectivity index (χ1n) is 11.8. The number of ether oxygens (including phenoxy) is 1. The van der Waals surface area contributed by atoms with Gasteiger partial charge in [0.05, 0.1) is 6.61 Å². The van der Waals surface area contributed by atoms with Crippen LogP contribution >= 0.6 is 0 Å². The summed E-state index contributed by atoms with van der Waals surface area (Å²) in [6.07, 6.45) is 4.25. The molecule has 1 aliphatic rings. The summed E-state index contributed by atoms with van der Waals surface area (Å²) in [6, 6.07) is 5.46. The van der Waals surface area contributed by atoms with Gasteiger partial charge < -0.3 is 26.4 Å². The van der Waals surface area contributed by atoms with Gasteiger partial charge in [-0.2, -0.15) is 13.8 Å². The standard InChI is InChI=1S/C24H37F2N5O3/c1-16-15-19(6-7-20(16)21(32)29-17(2)8-11-27)34-14-4-5-18-9-12-31(13-10-18)23(28)30-22(33)24(3,25)26/h6-7,15,17-18H,4-5,8-14,27H2,1-3H3,(H,29,32)(H2,28,30,33)/t17-/m1/s1. The highest BCUT2D eigenvalue weighted by Crippen LogP contribution is 2.23. The van der Waals surface area contributed by atoms with Crippen molar-refractivity contribution in [2.24, 2.45) is 22.4 Å². The fourth-order valence-corrected chi connectivity index (χ4v) is 3.89. The Kier molecular flexibility index (Phi) is 10.2. The fourth-order valence-electron chi connectivity index (χ4n) is 3.89. The summed E-state index contributed by atoms with van der Waals surface area (Å²) < 4.78 is 31.8. The summed E-state index contributed by atoms with van der Waals surface area (Å²) in [7, 11) is 0. The lowest BCUT2D eigenvalue weighted by Gasteiger charge is -2.32. The second-order valence-corrected chi connectivity index (χ2v) is 9.01. The maximum absolute atomic E-state index is 13.0. The monoisotopic (exact) mass is 481 g/mol. The molecule has 1 aliphatic heterocycles. The maximum Gasteiger partial charge on any atom is 0.324 e. The number of halogens is 2. The molecule has 0 unspecified atom stereocenters. The molecule has 1 saturated heterocycles. The van der Waals surface area contributed by atoms with Gasteiger partial charge in [-0.3, -0.25) is 9.59 Å². The third-order valence-corrected chi connectivity index (χ3v) is 5.98. The third-order valence-electron chi connectivity index (χ3n) is 5.98. The minimum Gasteiger partial charge on any atom is -0.494 e. The second kappa shape index (κ2) is 12.6. The van der Waals surface area contributed by atoms with Crippen molar-refractivity contribution in [3.63, 3.8) is 0 Å². The molecular formula is C24H37F2N5O3. The van der Waals surface area contributed by atoms with Crippen LogP contribution in [0, 0.1) is 12.8 Å². The molecule has 10 heteroatoms. The molecule has 1 aromatic carbocycles. The van der Waals surface area contributed by atoms with Crippen molar-refractivity contribution in [1.29, 1.82) is 0 Å². The predicted molar refractivity (Wildman–Crippen MR) is 128 cm³/mol. The number of guanidine groups is 1. The number of aryl methyl sites for hydroxylation is 1. The van der Waals surface area contributed by atoms with Gasteiger partial charge in [0.1, 0.15) is 5.75 Å². The number of amides is 2. The van der Waals surface area contributed by atoms with Crippen molar-refractivity contribution in [3.05, 3.63) is 29.3 Å². The molecule has 0 aromatic heterocycles. The number of alkyl halides is 2. The number of benzene rings is 1. The Morgan fingerprint density at radius 3 is 2.59 bits per heavy atom. The van der Waals surface area contributed by atoms with Crippen molar-refractivity contribution in [1.82, 2.24) is 10.2 Å². The average molecular weight is 482 g/mol. The molecule has 0 saturated carbocycles. The van der Waals surface area contributed by atoms with E-state index < -0.39 is 11.8 Å². The van der Waals surface area contributed by atoms with E-state index >= 15 is 0 Å². The molecule has 0 aliphatic carbocycles. The number of rotatable bonds is 10. The Hall–Kier alpha value is -2.75. The number of carbonyl (C=O) groups excluding carboxylic acids is 2. The van der Waals surface area contributed by atoms with Crippen LogP contribution in [0.5, 0.6) is 5.75 Å². The molecule has 1 heterocycles. The van der Waals surface area contributed by atoms with E-state index in [1.807, 2.05) is 19.9 Å². The van der Waals surface area contributed by atoms with Crippen molar-refractivity contribution in [2.75, 3.05) is 26.2 Å². The van der Waals surface area contributed by atoms with Gasteiger partial charge in [0.2, 0.25) is 0 Å². The highest BCUT2D eigenvalue weighted by Gasteiger charge is 2.33. The largest absolute Gasteiger partial charge is 0.494 e. The predicted octanol–water partition coefficient (Wildman–Crippen LogP) is 2.83. The van der Waals surface area contributed by atoms with Crippen LogP contribution in [0.25, 0.3) is 0 Å². The summed E-state index contributed by atoms with van der Waals surface area (Å²) in [5, 5.41) is 2.94. The van der Waals surface area contributed by atoms with Crippen LogP contribution in [0.2, 0.25) is 0 Å². The van der Waals surface area contributed by atoms with Gasteiger partial charge in [-0.05, 0) is 82.2 Å². The Labute approximate surface area is 200 Å². The molecule has 5 N–H and O–H groups in total. The molecule has 34 heavy (non-hydrogen) atoms. The fraction of sp³-hybridized carbons (Fsp3) is 0.625. The molecule has 2 rings (SSSR count). The zero-order valence-electron chi connectivity index (χ0n) is 20.3. The molecular weight excluding hydrogens is 444 g/mol. The number of hydrogen-bond acceptors (Lipinski definition) is 4. The van der Waals surface area contributed by atoms with E-state index in [-0.39, 0.29) is 17.9 Å². The molecule has 0 spiro atoms. The summed E-state index contributed by atoms with van der Waals surface area (Å²) >= 11 is 0. The van der Waals surface area contributed by atoms with Crippen LogP contribution in [0.4, 0.5) is 8.78 Å². The number of aliphatic imine (C=N–C) groups is 1. The minimum atomic E-state index is -3.52. The molecule has 0 bridgehead atoms. The number of hydrogen-bond donors (Lipinski definition) is 3. The molecule has 0 radical (unpaired) electrons. The number of nitrogens with one attached hydrogen (secondary N) is 1. The molecule has 2 amide bonds. The second-order valence-electron chi connectivity index (χ2n) is 9.01. The van der Waals surface area contributed by atoms with Gasteiger partial charge in [-0.15, -0.1) is 0 Å². The van der Waals surface area contributed by atoms with Crippen molar-refractivity contribution in [2.45, 2.75) is 64.8 Å². The van der Waals surface area contributed by atoms with Crippen LogP contribution in [0.15, 0.2) is 23.2 Å². The smallest absolute Gasteiger partial charge is 0.324 e. The van der Waals surface area contributed by atoms with Crippen LogP contribution in [0.1, 0.15) is 61.9 Å². The molecule has 8 nitrogen and oxygen atoms in total. The Bertz CT molecular complexity index is 865. The van der Waals surface area contributed by atoms with Crippen LogP contribution in [-0.2, 0) is 4.79 Å². The van der Waals surface area contributed by atoms with Gasteiger partial charge >= 0.3 is 11.8 Å². The van der Waals surface area contributed by atoms with Crippen LogP contribution in [0.3, 0.4) is 0 Å². The van der Waals surface area contributed by atoms with Crippen LogP contribution in [-0.4, -0.2) is 60.9 Å². The summed E-state index contributed by atoms with van der Waals surface area (Å²) in [6.45, 7) is 6.56. The van der Waals surface area contributed by atoms with E-state index in [9.17, 15) is 18.4 Å². The van der Waals surface area contributed by atoms with Crippen molar-refractivity contribution in [3.8, 4) is 5.75 Å². The van der Waals surface area contributed by atoms with E-state index in [2.05, 4.69) is 10.3 Å². The molecule has 1 atom stereocenters. The van der Waals surface area contributed by atoms with E-state index in [4.69, 9.17) is 16.2 Å². The summed E-state index contributed by atoms with van der Waals surface area (Å²) in [4.78, 5) is 28.7. The van der Waals surface area contributed by atoms with Gasteiger partial charge in [0.15, 0.2) is 5.96 Å². The normalized spacial score (nSPS) is 16.3. The average Bonchev–Trinajstić information content (AvgIpc) is 2.76. The first kappa shape index (κ1) is 27.5. The first-order valence-corrected chi connectivity index (χ1v) is 11.8. The van der Waals surface area contributed by atoms with E-state index in [1.54, 1.807) is 17.0 Å². The van der Waals surface area contributed by atoms with E-state index in [1.165, 1.54) is 0 Å². The zero-order valence-corrected chi connectivity index (χ0v) is 20.3. The zero-order chi connectivity index (χ0) is 25.3. The van der Waals surface area contributed by atoms with Gasteiger partial charge in [0.25, 0.3) is 5.91 Å². The van der Waals surface area contributed by atoms with Gasteiger partial charge in [-0.1, -0.05) is 0 Å². The van der Waals surface area contributed by atoms with Gasteiger partial charge in [0, 0.05) is 31.6 Å². The maximum atomic E-state index is 13.0. The van der Waals surface area contributed by atoms with Crippen molar-refractivity contribution < 1.29 is 23.1 Å². The first-order chi connectivity index (χ1) is 16.0. The van der Waals surface area contributed by atoms with Crippen molar-refractivity contribution >= 4 is 17.8 Å². The minimum absolute atomic E-state index is 0.0204. The number of nitrogens with zero attached hydrogens (tertiary/aromatic N) is 2. The Morgan fingerprint density at radius 2 is 2.00 bits per heavy atom. The molecule has 190 valence electrons. The quantitative estimate of drug-likeness (QED) is 0.268. The highest BCUT2D eigenvalue weighted by atomic mass is 19.3.